The molecule has 8 heteroatoms. The van der Waals surface area contributed by atoms with Crippen LogP contribution in [-0.2, 0) is 20.8 Å². The van der Waals surface area contributed by atoms with Crippen LogP contribution in [0.3, 0.4) is 0 Å². The predicted octanol–water partition coefficient (Wildman–Crippen LogP) is 3.41. The van der Waals surface area contributed by atoms with E-state index in [2.05, 4.69) is 28.5 Å². The lowest BCUT2D eigenvalue weighted by Gasteiger charge is -2.43. The molecule has 1 unspecified atom stereocenters. The van der Waals surface area contributed by atoms with Crippen LogP contribution in [0.2, 0.25) is 0 Å². The number of benzene rings is 1. The second kappa shape index (κ2) is 11.4. The summed E-state index contributed by atoms with van der Waals surface area (Å²) in [5.74, 6) is 3.55. The van der Waals surface area contributed by atoms with Gasteiger partial charge in [-0.15, -0.1) is 0 Å². The van der Waals surface area contributed by atoms with Crippen LogP contribution in [0.4, 0.5) is 0 Å². The Labute approximate surface area is 214 Å². The first kappa shape index (κ1) is 26.1. The SMILES string of the molecule is C=C1N(CC2C=C(OC)C=CC2)C(=O)C2(CCN(Cc3cc(OC)cc(OC)c3)CC2)N1CCOC. The standard InChI is InChI=1S/C28H39N3O5/c1-21-30(20-22-7-6-8-24(15-22)34-3)27(32)28(31(21)13-14-33-2)9-11-29(12-10-28)19-23-16-25(35-4)18-26(17-23)36-5/h6,8,15-18,22H,1,7,9-14,19-20H2,2-5H3. The van der Waals surface area contributed by atoms with Crippen LogP contribution in [0.5, 0.6) is 11.5 Å². The number of nitrogens with zero attached hydrogens (tertiary/aromatic N) is 3. The molecule has 0 saturated carbocycles. The molecule has 2 saturated heterocycles. The van der Waals surface area contributed by atoms with Crippen LogP contribution in [0.15, 0.2) is 54.6 Å². The van der Waals surface area contributed by atoms with E-state index in [9.17, 15) is 4.79 Å². The Hall–Kier alpha value is -2.97. The van der Waals surface area contributed by atoms with Gasteiger partial charge in [-0.05, 0) is 49.1 Å². The fourth-order valence-electron chi connectivity index (χ4n) is 5.58. The first-order chi connectivity index (χ1) is 17.4. The number of methoxy groups -OCH3 is 4. The fourth-order valence-corrected chi connectivity index (χ4v) is 5.58. The molecule has 0 radical (unpaired) electrons. The molecule has 4 rings (SSSR count). The number of ether oxygens (including phenoxy) is 4. The topological polar surface area (TPSA) is 63.7 Å². The van der Waals surface area contributed by atoms with Gasteiger partial charge in [-0.2, -0.15) is 0 Å². The maximum absolute atomic E-state index is 14.0. The highest BCUT2D eigenvalue weighted by Gasteiger charge is 2.55. The average molecular weight is 498 g/mol. The third-order valence-corrected chi connectivity index (χ3v) is 7.58. The molecule has 1 spiro atoms. The van der Waals surface area contributed by atoms with Crippen molar-refractivity contribution in [2.75, 3.05) is 61.2 Å². The van der Waals surface area contributed by atoms with Gasteiger partial charge in [-0.3, -0.25) is 14.6 Å². The number of likely N-dealkylation sites (tertiary alicyclic amines) is 1. The first-order valence-electron chi connectivity index (χ1n) is 12.6. The van der Waals surface area contributed by atoms with Gasteiger partial charge in [-0.1, -0.05) is 12.7 Å². The number of allylic oxidation sites excluding steroid dienone is 2. The van der Waals surface area contributed by atoms with E-state index in [0.717, 1.165) is 67.5 Å². The Morgan fingerprint density at radius 2 is 1.72 bits per heavy atom. The molecule has 1 aliphatic carbocycles. The van der Waals surface area contributed by atoms with Gasteiger partial charge in [0.05, 0.1) is 27.9 Å². The van der Waals surface area contributed by atoms with E-state index in [-0.39, 0.29) is 11.8 Å². The number of amides is 1. The van der Waals surface area contributed by atoms with Crippen molar-refractivity contribution in [2.45, 2.75) is 31.3 Å². The van der Waals surface area contributed by atoms with Crippen molar-refractivity contribution in [3.05, 3.63) is 60.1 Å². The summed E-state index contributed by atoms with van der Waals surface area (Å²) in [7, 11) is 6.70. The quantitative estimate of drug-likeness (QED) is 0.491. The monoisotopic (exact) mass is 497 g/mol. The molecule has 1 aromatic carbocycles. The van der Waals surface area contributed by atoms with E-state index >= 15 is 0 Å². The van der Waals surface area contributed by atoms with Gasteiger partial charge in [0.2, 0.25) is 0 Å². The molecule has 0 bridgehead atoms. The lowest BCUT2D eigenvalue weighted by Crippen LogP contribution is -2.56. The van der Waals surface area contributed by atoms with Gasteiger partial charge in [-0.25, -0.2) is 0 Å². The number of carbonyl (C=O) groups excluding carboxylic acids is 1. The number of hydrogen-bond donors (Lipinski definition) is 0. The highest BCUT2D eigenvalue weighted by atomic mass is 16.5. The van der Waals surface area contributed by atoms with Crippen LogP contribution >= 0.6 is 0 Å². The zero-order valence-electron chi connectivity index (χ0n) is 22.0. The first-order valence-corrected chi connectivity index (χ1v) is 12.6. The Bertz CT molecular complexity index is 990. The van der Waals surface area contributed by atoms with E-state index < -0.39 is 5.54 Å². The minimum atomic E-state index is -0.573. The van der Waals surface area contributed by atoms with E-state index in [1.807, 2.05) is 29.2 Å². The van der Waals surface area contributed by atoms with Gasteiger partial charge in [0.1, 0.15) is 28.6 Å². The Morgan fingerprint density at radius 3 is 2.33 bits per heavy atom. The van der Waals surface area contributed by atoms with Crippen molar-refractivity contribution in [3.8, 4) is 11.5 Å². The third kappa shape index (κ3) is 5.25. The maximum atomic E-state index is 14.0. The smallest absolute Gasteiger partial charge is 0.254 e. The Balaban J connectivity index is 1.48. The van der Waals surface area contributed by atoms with Crippen molar-refractivity contribution >= 4 is 5.91 Å². The molecule has 1 aromatic rings. The molecule has 196 valence electrons. The van der Waals surface area contributed by atoms with E-state index in [1.165, 1.54) is 0 Å². The molecule has 2 fully saturated rings. The van der Waals surface area contributed by atoms with E-state index in [0.29, 0.717) is 19.7 Å². The summed E-state index contributed by atoms with van der Waals surface area (Å²) in [6.07, 6.45) is 8.57. The van der Waals surface area contributed by atoms with Gasteiger partial charge < -0.3 is 23.8 Å². The fraction of sp³-hybridized carbons (Fsp3) is 0.536. The molecule has 2 aliphatic heterocycles. The second-order valence-electron chi connectivity index (χ2n) is 9.68. The zero-order valence-corrected chi connectivity index (χ0v) is 22.0. The molecule has 3 aliphatic rings. The third-order valence-electron chi connectivity index (χ3n) is 7.58. The van der Waals surface area contributed by atoms with Crippen LogP contribution < -0.4 is 9.47 Å². The van der Waals surface area contributed by atoms with Gasteiger partial charge >= 0.3 is 0 Å². The van der Waals surface area contributed by atoms with Crippen molar-refractivity contribution in [3.63, 3.8) is 0 Å². The summed E-state index contributed by atoms with van der Waals surface area (Å²) in [6.45, 7) is 8.57. The number of piperidine rings is 1. The van der Waals surface area contributed by atoms with Crippen molar-refractivity contribution in [1.82, 2.24) is 14.7 Å². The number of rotatable bonds is 10. The average Bonchev–Trinajstić information content (AvgIpc) is 3.09. The van der Waals surface area contributed by atoms with Crippen LogP contribution in [0.1, 0.15) is 24.8 Å². The summed E-state index contributed by atoms with van der Waals surface area (Å²) >= 11 is 0. The summed E-state index contributed by atoms with van der Waals surface area (Å²) in [5, 5.41) is 0. The molecular weight excluding hydrogens is 458 g/mol. The van der Waals surface area contributed by atoms with Crippen LogP contribution in [0, 0.1) is 5.92 Å². The molecule has 1 amide bonds. The van der Waals surface area contributed by atoms with Gasteiger partial charge in [0.25, 0.3) is 5.91 Å². The lowest BCUT2D eigenvalue weighted by molar-refractivity contribution is -0.136. The van der Waals surface area contributed by atoms with Gasteiger partial charge in [0.15, 0.2) is 0 Å². The predicted molar refractivity (Wildman–Crippen MR) is 139 cm³/mol. The molecular formula is C28H39N3O5. The zero-order chi connectivity index (χ0) is 25.7. The van der Waals surface area contributed by atoms with Gasteiger partial charge in [0, 0.05) is 51.8 Å². The minimum absolute atomic E-state index is 0.160. The summed E-state index contributed by atoms with van der Waals surface area (Å²) in [4.78, 5) is 20.5. The summed E-state index contributed by atoms with van der Waals surface area (Å²) in [6, 6.07) is 5.97. The molecule has 2 heterocycles. The number of carbonyl (C=O) groups is 1. The molecule has 1 atom stereocenters. The summed E-state index contributed by atoms with van der Waals surface area (Å²) < 4.78 is 21.7. The Morgan fingerprint density at radius 1 is 1.03 bits per heavy atom. The normalized spacial score (nSPS) is 21.8. The minimum Gasteiger partial charge on any atom is -0.497 e. The lowest BCUT2D eigenvalue weighted by atomic mass is 9.85. The van der Waals surface area contributed by atoms with Crippen molar-refractivity contribution < 1.29 is 23.7 Å². The molecule has 0 N–H and O–H groups in total. The Kier molecular flexibility index (Phi) is 8.26. The molecule has 8 nitrogen and oxygen atoms in total. The van der Waals surface area contributed by atoms with E-state index in [1.54, 1.807) is 28.4 Å². The second-order valence-corrected chi connectivity index (χ2v) is 9.68. The number of hydrogen-bond acceptors (Lipinski definition) is 7. The van der Waals surface area contributed by atoms with E-state index in [4.69, 9.17) is 18.9 Å². The highest BCUT2D eigenvalue weighted by Crippen LogP contribution is 2.41. The van der Waals surface area contributed by atoms with Crippen LogP contribution in [-0.4, -0.2) is 87.4 Å². The highest BCUT2D eigenvalue weighted by molar-refractivity contribution is 5.91. The van der Waals surface area contributed by atoms with Crippen LogP contribution in [0.25, 0.3) is 0 Å². The summed E-state index contributed by atoms with van der Waals surface area (Å²) in [5.41, 5.74) is 0.560. The maximum Gasteiger partial charge on any atom is 0.254 e. The molecule has 0 aromatic heterocycles. The van der Waals surface area contributed by atoms with Crippen molar-refractivity contribution in [1.29, 1.82) is 0 Å². The largest absolute Gasteiger partial charge is 0.497 e. The van der Waals surface area contributed by atoms with Crippen molar-refractivity contribution in [2.24, 2.45) is 5.92 Å². The molecule has 36 heavy (non-hydrogen) atoms.